The van der Waals surface area contributed by atoms with Crippen LogP contribution in [0.3, 0.4) is 0 Å². The minimum Gasteiger partial charge on any atom is -0.495 e. The van der Waals surface area contributed by atoms with E-state index in [1.165, 1.54) is 0 Å². The molecule has 0 spiro atoms. The van der Waals surface area contributed by atoms with Crippen molar-refractivity contribution in [2.75, 3.05) is 19.0 Å². The Labute approximate surface area is 207 Å². The number of carbonyl (C=O) groups excluding carboxylic acids is 2. The van der Waals surface area contributed by atoms with Gasteiger partial charge < -0.3 is 20.1 Å². The maximum absolute atomic E-state index is 13.7. The number of methoxy groups -OCH3 is 1. The van der Waals surface area contributed by atoms with Crippen molar-refractivity contribution in [3.63, 3.8) is 0 Å². The molecule has 1 aliphatic heterocycles. The number of ether oxygens (including phenoxy) is 2. The quantitative estimate of drug-likeness (QED) is 0.536. The number of para-hydroxylation sites is 2. The van der Waals surface area contributed by atoms with Gasteiger partial charge in [-0.25, -0.2) is 0 Å². The van der Waals surface area contributed by atoms with Crippen molar-refractivity contribution in [2.24, 2.45) is 5.41 Å². The summed E-state index contributed by atoms with van der Waals surface area (Å²) in [5, 5.41) is 6.42. The normalized spacial score (nSPS) is 19.1. The summed E-state index contributed by atoms with van der Waals surface area (Å²) in [5.74, 6) is 0.697. The number of dihydropyridines is 1. The average molecular weight is 475 g/mol. The molecule has 0 saturated heterocycles. The van der Waals surface area contributed by atoms with E-state index in [0.717, 1.165) is 35.5 Å². The number of rotatable bonds is 7. The lowest BCUT2D eigenvalue weighted by molar-refractivity contribution is -0.118. The number of carbonyl (C=O) groups is 2. The number of Topliss-reactive ketones (excluding diaryl/α,β-unsaturated/α-hetero) is 1. The van der Waals surface area contributed by atoms with Crippen LogP contribution in [0.15, 0.2) is 71.1 Å². The van der Waals surface area contributed by atoms with Gasteiger partial charge in [-0.3, -0.25) is 9.59 Å². The molecule has 0 radical (unpaired) electrons. The molecule has 6 heteroatoms. The van der Waals surface area contributed by atoms with Crippen molar-refractivity contribution >= 4 is 17.4 Å². The largest absolute Gasteiger partial charge is 0.495 e. The first-order chi connectivity index (χ1) is 16.7. The summed E-state index contributed by atoms with van der Waals surface area (Å²) in [6.45, 7) is 8.82. The third-order valence-corrected chi connectivity index (χ3v) is 6.53. The Morgan fingerprint density at radius 3 is 2.51 bits per heavy atom. The van der Waals surface area contributed by atoms with E-state index in [-0.39, 0.29) is 17.1 Å². The van der Waals surface area contributed by atoms with Crippen LogP contribution in [0.4, 0.5) is 5.69 Å². The van der Waals surface area contributed by atoms with Crippen LogP contribution < -0.4 is 20.1 Å². The molecule has 2 N–H and O–H groups in total. The van der Waals surface area contributed by atoms with Gasteiger partial charge in [0.05, 0.1) is 19.4 Å². The van der Waals surface area contributed by atoms with E-state index in [9.17, 15) is 9.59 Å². The van der Waals surface area contributed by atoms with Crippen molar-refractivity contribution in [1.82, 2.24) is 5.32 Å². The van der Waals surface area contributed by atoms with Gasteiger partial charge in [-0.1, -0.05) is 45.0 Å². The zero-order valence-corrected chi connectivity index (χ0v) is 21.2. The van der Waals surface area contributed by atoms with Crippen LogP contribution >= 0.6 is 0 Å². The Hall–Kier alpha value is -3.54. The van der Waals surface area contributed by atoms with Crippen molar-refractivity contribution < 1.29 is 19.1 Å². The predicted molar refractivity (Wildman–Crippen MR) is 137 cm³/mol. The van der Waals surface area contributed by atoms with Crippen LogP contribution in [-0.4, -0.2) is 25.4 Å². The highest BCUT2D eigenvalue weighted by atomic mass is 16.5. The fourth-order valence-corrected chi connectivity index (χ4v) is 4.98. The number of hydrogen-bond donors (Lipinski definition) is 2. The second-order valence-electron chi connectivity index (χ2n) is 10.0. The van der Waals surface area contributed by atoms with Crippen molar-refractivity contribution in [1.29, 1.82) is 0 Å². The summed E-state index contributed by atoms with van der Waals surface area (Å²) in [4.78, 5) is 27.2. The van der Waals surface area contributed by atoms with E-state index in [2.05, 4.69) is 31.4 Å². The van der Waals surface area contributed by atoms with Gasteiger partial charge in [-0.15, -0.1) is 0 Å². The summed E-state index contributed by atoms with van der Waals surface area (Å²) in [6.07, 6.45) is 2.12. The molecule has 0 unspecified atom stereocenters. The molecule has 0 fully saturated rings. The van der Waals surface area contributed by atoms with E-state index < -0.39 is 5.92 Å². The summed E-state index contributed by atoms with van der Waals surface area (Å²) in [5.41, 5.74) is 4.21. The maximum atomic E-state index is 13.7. The minimum absolute atomic E-state index is 0.0788. The lowest BCUT2D eigenvalue weighted by atomic mass is 9.68. The van der Waals surface area contributed by atoms with Crippen LogP contribution in [0.2, 0.25) is 0 Å². The molecule has 184 valence electrons. The monoisotopic (exact) mass is 474 g/mol. The van der Waals surface area contributed by atoms with E-state index in [4.69, 9.17) is 9.47 Å². The van der Waals surface area contributed by atoms with Crippen LogP contribution in [0.25, 0.3) is 0 Å². The van der Waals surface area contributed by atoms with Gasteiger partial charge in [-0.2, -0.15) is 0 Å². The molecular weight excluding hydrogens is 440 g/mol. The Bertz CT molecular complexity index is 1190. The molecule has 0 bridgehead atoms. The molecule has 1 amide bonds. The van der Waals surface area contributed by atoms with Gasteiger partial charge in [-0.05, 0) is 55.0 Å². The number of anilines is 1. The van der Waals surface area contributed by atoms with E-state index in [0.29, 0.717) is 35.6 Å². The van der Waals surface area contributed by atoms with Crippen molar-refractivity contribution in [3.8, 4) is 11.5 Å². The Morgan fingerprint density at radius 2 is 1.83 bits per heavy atom. The molecule has 4 rings (SSSR count). The van der Waals surface area contributed by atoms with Gasteiger partial charge in [0, 0.05) is 34.9 Å². The first kappa shape index (κ1) is 24.6. The SMILES string of the molecule is CCCOc1ccc([C@H]2C(C(=O)Nc3ccccc3OC)=C(C)NC3=C2C(=O)CC(C)(C)C3)cc1. The van der Waals surface area contributed by atoms with Crippen LogP contribution in [0.1, 0.15) is 58.4 Å². The number of hydrogen-bond acceptors (Lipinski definition) is 5. The first-order valence-electron chi connectivity index (χ1n) is 12.1. The molecule has 2 aromatic rings. The highest BCUT2D eigenvalue weighted by Crippen LogP contribution is 2.47. The topological polar surface area (TPSA) is 76.7 Å². The molecule has 6 nitrogen and oxygen atoms in total. The number of amides is 1. The Morgan fingerprint density at radius 1 is 1.11 bits per heavy atom. The van der Waals surface area contributed by atoms with Gasteiger partial charge in [0.1, 0.15) is 11.5 Å². The Balaban J connectivity index is 1.77. The second kappa shape index (κ2) is 9.98. The number of allylic oxidation sites excluding steroid dienone is 3. The summed E-state index contributed by atoms with van der Waals surface area (Å²) in [6, 6.07) is 15.0. The van der Waals surface area contributed by atoms with Gasteiger partial charge in [0.15, 0.2) is 5.78 Å². The van der Waals surface area contributed by atoms with E-state index in [1.807, 2.05) is 43.3 Å². The molecule has 1 heterocycles. The van der Waals surface area contributed by atoms with Crippen LogP contribution in [-0.2, 0) is 9.59 Å². The van der Waals surface area contributed by atoms with Gasteiger partial charge in [0.2, 0.25) is 0 Å². The smallest absolute Gasteiger partial charge is 0.254 e. The highest BCUT2D eigenvalue weighted by molar-refractivity contribution is 6.10. The summed E-state index contributed by atoms with van der Waals surface area (Å²) < 4.78 is 11.2. The predicted octanol–water partition coefficient (Wildman–Crippen LogP) is 5.73. The molecule has 35 heavy (non-hydrogen) atoms. The lowest BCUT2D eigenvalue weighted by Crippen LogP contribution is -2.39. The molecule has 2 aliphatic rings. The number of ketones is 1. The highest BCUT2D eigenvalue weighted by Gasteiger charge is 2.42. The van der Waals surface area contributed by atoms with Crippen LogP contribution in [0, 0.1) is 5.41 Å². The molecule has 2 aromatic carbocycles. The molecule has 1 aliphatic carbocycles. The van der Waals surface area contributed by atoms with Gasteiger partial charge >= 0.3 is 0 Å². The standard InChI is InChI=1S/C29H34N2O4/c1-6-15-35-20-13-11-19(12-14-20)26-25(28(33)31-21-9-7-8-10-24(21)34-5)18(2)30-22-16-29(3,4)17-23(32)27(22)26/h7-14,26,30H,6,15-17H2,1-5H3,(H,31,33)/t26-/m0/s1. The first-order valence-corrected chi connectivity index (χ1v) is 12.1. The maximum Gasteiger partial charge on any atom is 0.254 e. The number of nitrogens with one attached hydrogen (secondary N) is 2. The van der Waals surface area contributed by atoms with E-state index >= 15 is 0 Å². The minimum atomic E-state index is -0.468. The third kappa shape index (κ3) is 5.11. The average Bonchev–Trinajstić information content (AvgIpc) is 2.81. The molecular formula is C29H34N2O4. The zero-order valence-electron chi connectivity index (χ0n) is 21.2. The third-order valence-electron chi connectivity index (χ3n) is 6.53. The van der Waals surface area contributed by atoms with Crippen LogP contribution in [0.5, 0.6) is 11.5 Å². The second-order valence-corrected chi connectivity index (χ2v) is 10.0. The van der Waals surface area contributed by atoms with Crippen molar-refractivity contribution in [2.45, 2.75) is 52.9 Å². The van der Waals surface area contributed by atoms with Crippen molar-refractivity contribution in [3.05, 3.63) is 76.6 Å². The summed E-state index contributed by atoms with van der Waals surface area (Å²) >= 11 is 0. The molecule has 0 aromatic heterocycles. The lowest BCUT2D eigenvalue weighted by Gasteiger charge is -2.39. The zero-order chi connectivity index (χ0) is 25.2. The molecule has 0 saturated carbocycles. The van der Waals surface area contributed by atoms with Gasteiger partial charge in [0.25, 0.3) is 5.91 Å². The molecule has 1 atom stereocenters. The summed E-state index contributed by atoms with van der Waals surface area (Å²) in [7, 11) is 1.57. The number of benzene rings is 2. The fraction of sp³-hybridized carbons (Fsp3) is 0.379. The van der Waals surface area contributed by atoms with E-state index in [1.54, 1.807) is 19.2 Å². The fourth-order valence-electron chi connectivity index (χ4n) is 4.98. The Kier molecular flexibility index (Phi) is 7.01.